The highest BCUT2D eigenvalue weighted by atomic mass is 35.5. The summed E-state index contributed by atoms with van der Waals surface area (Å²) in [5.74, 6) is 1.34. The Bertz CT molecular complexity index is 341. The molecule has 0 spiro atoms. The molecule has 0 aliphatic rings. The van der Waals surface area contributed by atoms with Crippen LogP contribution in [0.2, 0.25) is 5.02 Å². The largest absolute Gasteiger partial charge is 0.496 e. The minimum absolute atomic E-state index is 0.427. The lowest BCUT2D eigenvalue weighted by atomic mass is 9.94. The van der Waals surface area contributed by atoms with Crippen LogP contribution in [0.25, 0.3) is 0 Å². The Hall–Kier alpha value is -0.730. The van der Waals surface area contributed by atoms with Gasteiger partial charge < -0.3 is 10.1 Å². The zero-order valence-electron chi connectivity index (χ0n) is 10.4. The summed E-state index contributed by atoms with van der Waals surface area (Å²) in [5, 5.41) is 4.01. The lowest BCUT2D eigenvalue weighted by Gasteiger charge is -2.19. The fourth-order valence-corrected chi connectivity index (χ4v) is 2.05. The predicted molar refractivity (Wildman–Crippen MR) is 69.6 cm³/mol. The third-order valence-electron chi connectivity index (χ3n) is 2.92. The van der Waals surface area contributed by atoms with Crippen molar-refractivity contribution in [3.8, 4) is 5.75 Å². The average molecular weight is 242 g/mol. The quantitative estimate of drug-likeness (QED) is 0.853. The van der Waals surface area contributed by atoms with E-state index in [0.717, 1.165) is 17.2 Å². The van der Waals surface area contributed by atoms with E-state index in [0.29, 0.717) is 12.0 Å². The average Bonchev–Trinajstić information content (AvgIpc) is 2.28. The summed E-state index contributed by atoms with van der Waals surface area (Å²) in [6, 6.07) is 6.27. The van der Waals surface area contributed by atoms with Crippen LogP contribution in [0.5, 0.6) is 5.75 Å². The maximum atomic E-state index is 6.02. The maximum absolute atomic E-state index is 6.02. The van der Waals surface area contributed by atoms with Crippen LogP contribution < -0.4 is 10.1 Å². The lowest BCUT2D eigenvalue weighted by molar-refractivity contribution is 0.402. The van der Waals surface area contributed by atoms with Gasteiger partial charge in [-0.1, -0.05) is 18.5 Å². The van der Waals surface area contributed by atoms with Crippen LogP contribution in [-0.2, 0) is 0 Å². The van der Waals surface area contributed by atoms with Crippen molar-refractivity contribution in [2.24, 2.45) is 0 Å². The van der Waals surface area contributed by atoms with Crippen LogP contribution in [0.4, 0.5) is 0 Å². The standard InChI is InChI=1S/C13H20ClNO/c1-9(7-10(2)15-3)12-8-11(14)5-6-13(12)16-4/h5-6,8-10,15H,7H2,1-4H3. The topological polar surface area (TPSA) is 21.3 Å². The van der Waals surface area contributed by atoms with Crippen molar-refractivity contribution in [1.29, 1.82) is 0 Å². The minimum atomic E-state index is 0.427. The first-order chi connectivity index (χ1) is 7.58. The first kappa shape index (κ1) is 13.3. The highest BCUT2D eigenvalue weighted by Crippen LogP contribution is 2.31. The van der Waals surface area contributed by atoms with Crippen LogP contribution in [0.1, 0.15) is 31.7 Å². The third kappa shape index (κ3) is 3.39. The fraction of sp³-hybridized carbons (Fsp3) is 0.538. The lowest BCUT2D eigenvalue weighted by Crippen LogP contribution is -2.23. The molecule has 0 saturated heterocycles. The minimum Gasteiger partial charge on any atom is -0.496 e. The van der Waals surface area contributed by atoms with Crippen LogP contribution in [0.3, 0.4) is 0 Å². The van der Waals surface area contributed by atoms with Crippen molar-refractivity contribution in [1.82, 2.24) is 5.32 Å². The van der Waals surface area contributed by atoms with Crippen LogP contribution in [-0.4, -0.2) is 20.2 Å². The molecule has 1 aromatic carbocycles. The molecular weight excluding hydrogens is 222 g/mol. The van der Waals surface area contributed by atoms with Crippen molar-refractivity contribution >= 4 is 11.6 Å². The van der Waals surface area contributed by atoms with Gasteiger partial charge in [-0.15, -0.1) is 0 Å². The van der Waals surface area contributed by atoms with E-state index in [1.165, 1.54) is 5.56 Å². The Morgan fingerprint density at radius 2 is 2.06 bits per heavy atom. The van der Waals surface area contributed by atoms with Crippen LogP contribution >= 0.6 is 11.6 Å². The van der Waals surface area contributed by atoms with E-state index in [1.807, 2.05) is 25.2 Å². The Labute approximate surface area is 103 Å². The monoisotopic (exact) mass is 241 g/mol. The molecule has 0 saturated carbocycles. The van der Waals surface area contributed by atoms with Gasteiger partial charge in [0.15, 0.2) is 0 Å². The molecule has 0 aliphatic heterocycles. The molecule has 1 aromatic rings. The summed E-state index contributed by atoms with van der Waals surface area (Å²) in [6.07, 6.45) is 1.06. The fourth-order valence-electron chi connectivity index (χ4n) is 1.87. The van der Waals surface area contributed by atoms with E-state index >= 15 is 0 Å². The number of halogens is 1. The van der Waals surface area contributed by atoms with E-state index in [-0.39, 0.29) is 0 Å². The van der Waals surface area contributed by atoms with Gasteiger partial charge in [-0.25, -0.2) is 0 Å². The van der Waals surface area contributed by atoms with Crippen molar-refractivity contribution in [3.05, 3.63) is 28.8 Å². The molecular formula is C13H20ClNO. The molecule has 2 atom stereocenters. The smallest absolute Gasteiger partial charge is 0.122 e. The first-order valence-electron chi connectivity index (χ1n) is 5.59. The molecule has 0 aliphatic carbocycles. The molecule has 0 aromatic heterocycles. The molecule has 0 heterocycles. The number of nitrogens with one attached hydrogen (secondary N) is 1. The normalized spacial score (nSPS) is 14.6. The second-order valence-corrected chi connectivity index (χ2v) is 4.65. The molecule has 2 nitrogen and oxygen atoms in total. The number of ether oxygens (including phenoxy) is 1. The van der Waals surface area contributed by atoms with Crippen molar-refractivity contribution in [3.63, 3.8) is 0 Å². The Morgan fingerprint density at radius 3 is 2.62 bits per heavy atom. The molecule has 1 N–H and O–H groups in total. The third-order valence-corrected chi connectivity index (χ3v) is 3.16. The van der Waals surface area contributed by atoms with Crippen LogP contribution in [0.15, 0.2) is 18.2 Å². The second kappa shape index (κ2) is 6.12. The van der Waals surface area contributed by atoms with Gasteiger partial charge >= 0.3 is 0 Å². The molecule has 90 valence electrons. The van der Waals surface area contributed by atoms with Gasteiger partial charge in [0.1, 0.15) is 5.75 Å². The molecule has 1 rings (SSSR count). The summed E-state index contributed by atoms with van der Waals surface area (Å²) in [4.78, 5) is 0. The molecule has 2 unspecified atom stereocenters. The SMILES string of the molecule is CNC(C)CC(C)c1cc(Cl)ccc1OC. The van der Waals surface area contributed by atoms with E-state index < -0.39 is 0 Å². The number of benzene rings is 1. The maximum Gasteiger partial charge on any atom is 0.122 e. The highest BCUT2D eigenvalue weighted by Gasteiger charge is 2.14. The number of hydrogen-bond donors (Lipinski definition) is 1. The highest BCUT2D eigenvalue weighted by molar-refractivity contribution is 6.30. The van der Waals surface area contributed by atoms with Crippen molar-refractivity contribution < 1.29 is 4.74 Å². The Kier molecular flexibility index (Phi) is 5.10. The van der Waals surface area contributed by atoms with Crippen LogP contribution in [0, 0.1) is 0 Å². The predicted octanol–water partition coefficient (Wildman–Crippen LogP) is 3.45. The van der Waals surface area contributed by atoms with Crippen molar-refractivity contribution in [2.45, 2.75) is 32.2 Å². The van der Waals surface area contributed by atoms with E-state index in [4.69, 9.17) is 16.3 Å². The van der Waals surface area contributed by atoms with Gasteiger partial charge in [-0.3, -0.25) is 0 Å². The molecule has 0 bridgehead atoms. The molecule has 16 heavy (non-hydrogen) atoms. The van der Waals surface area contributed by atoms with Gasteiger partial charge in [0.2, 0.25) is 0 Å². The zero-order valence-corrected chi connectivity index (χ0v) is 11.1. The van der Waals surface area contributed by atoms with E-state index in [1.54, 1.807) is 7.11 Å². The summed E-state index contributed by atoms with van der Waals surface area (Å²) in [5.41, 5.74) is 1.18. The summed E-state index contributed by atoms with van der Waals surface area (Å²) >= 11 is 6.02. The van der Waals surface area contributed by atoms with E-state index in [9.17, 15) is 0 Å². The van der Waals surface area contributed by atoms with Gasteiger partial charge in [0, 0.05) is 11.1 Å². The zero-order chi connectivity index (χ0) is 12.1. The number of hydrogen-bond acceptors (Lipinski definition) is 2. The first-order valence-corrected chi connectivity index (χ1v) is 5.97. The summed E-state index contributed by atoms with van der Waals surface area (Å²) in [6.45, 7) is 4.37. The van der Waals surface area contributed by atoms with Crippen molar-refractivity contribution in [2.75, 3.05) is 14.2 Å². The molecule has 3 heteroatoms. The summed E-state index contributed by atoms with van der Waals surface area (Å²) in [7, 11) is 3.67. The Morgan fingerprint density at radius 1 is 1.38 bits per heavy atom. The van der Waals surface area contributed by atoms with Gasteiger partial charge in [-0.05, 0) is 50.1 Å². The molecule has 0 amide bonds. The second-order valence-electron chi connectivity index (χ2n) is 4.21. The molecule has 0 fully saturated rings. The number of methoxy groups -OCH3 is 1. The van der Waals surface area contributed by atoms with E-state index in [2.05, 4.69) is 19.2 Å². The Balaban J connectivity index is 2.88. The number of rotatable bonds is 5. The molecule has 0 radical (unpaired) electrons. The summed E-state index contributed by atoms with van der Waals surface area (Å²) < 4.78 is 5.36. The van der Waals surface area contributed by atoms with Gasteiger partial charge in [-0.2, -0.15) is 0 Å². The van der Waals surface area contributed by atoms with Gasteiger partial charge in [0.05, 0.1) is 7.11 Å². The van der Waals surface area contributed by atoms with Gasteiger partial charge in [0.25, 0.3) is 0 Å².